The number of carbonyl (C=O) groups excluding carboxylic acids is 1. The Hall–Kier alpha value is -1.89. The van der Waals surface area contributed by atoms with Crippen molar-refractivity contribution in [3.05, 3.63) is 18.5 Å². The number of carbonyl (C=O) groups is 1. The van der Waals surface area contributed by atoms with Crippen molar-refractivity contribution < 1.29 is 14.8 Å². The van der Waals surface area contributed by atoms with Gasteiger partial charge in [-0.05, 0) is 6.92 Å². The van der Waals surface area contributed by atoms with Gasteiger partial charge in [-0.15, -0.1) is 16.8 Å². The van der Waals surface area contributed by atoms with Gasteiger partial charge in [0.2, 0.25) is 5.95 Å². The SMILES string of the molecule is C=CCn1c(C(=O)[O-])nnc1N1CC[NH+](CC)CC1. The van der Waals surface area contributed by atoms with E-state index in [1.165, 1.54) is 0 Å². The molecule has 7 heteroatoms. The summed E-state index contributed by atoms with van der Waals surface area (Å²) < 4.78 is 1.54. The highest BCUT2D eigenvalue weighted by Gasteiger charge is 2.24. The number of nitrogens with one attached hydrogen (secondary N) is 1. The van der Waals surface area contributed by atoms with Gasteiger partial charge >= 0.3 is 0 Å². The predicted molar refractivity (Wildman–Crippen MR) is 68.0 cm³/mol. The number of carboxylic acids is 1. The van der Waals surface area contributed by atoms with Crippen molar-refractivity contribution >= 4 is 11.9 Å². The van der Waals surface area contributed by atoms with E-state index in [1.54, 1.807) is 15.5 Å². The average Bonchev–Trinajstić information content (AvgIpc) is 2.83. The van der Waals surface area contributed by atoms with Crippen LogP contribution < -0.4 is 14.9 Å². The molecular weight excluding hydrogens is 246 g/mol. The Bertz CT molecular complexity index is 463. The fraction of sp³-hybridized carbons (Fsp3) is 0.583. The number of piperazine rings is 1. The van der Waals surface area contributed by atoms with E-state index in [-0.39, 0.29) is 5.82 Å². The zero-order chi connectivity index (χ0) is 13.8. The maximum Gasteiger partial charge on any atom is 0.228 e. The first kappa shape index (κ1) is 13.5. The molecule has 1 fully saturated rings. The van der Waals surface area contributed by atoms with Gasteiger partial charge in [-0.3, -0.25) is 4.57 Å². The number of aromatic nitrogens is 3. The second kappa shape index (κ2) is 5.83. The number of rotatable bonds is 5. The van der Waals surface area contributed by atoms with Crippen LogP contribution in [0.2, 0.25) is 0 Å². The molecule has 0 aliphatic carbocycles. The van der Waals surface area contributed by atoms with Gasteiger partial charge in [0, 0.05) is 6.54 Å². The Labute approximate surface area is 112 Å². The predicted octanol–water partition coefficient (Wildman–Crippen LogP) is -2.45. The quantitative estimate of drug-likeness (QED) is 0.598. The second-order valence-electron chi connectivity index (χ2n) is 4.60. The smallest absolute Gasteiger partial charge is 0.228 e. The van der Waals surface area contributed by atoms with Crippen molar-refractivity contribution in [3.8, 4) is 0 Å². The van der Waals surface area contributed by atoms with Crippen LogP contribution in [0.15, 0.2) is 12.7 Å². The number of carboxylic acid groups (broad SMARTS) is 1. The number of allylic oxidation sites excluding steroid dienone is 1. The summed E-state index contributed by atoms with van der Waals surface area (Å²) in [6.07, 6.45) is 1.63. The molecule has 1 aliphatic heterocycles. The minimum atomic E-state index is -1.31. The van der Waals surface area contributed by atoms with E-state index in [0.29, 0.717) is 12.5 Å². The summed E-state index contributed by atoms with van der Waals surface area (Å²) in [5.74, 6) is -0.854. The summed E-state index contributed by atoms with van der Waals surface area (Å²) in [5.41, 5.74) is 0. The molecule has 0 spiro atoms. The number of anilines is 1. The Kier molecular flexibility index (Phi) is 4.16. The molecule has 19 heavy (non-hydrogen) atoms. The number of quaternary nitrogens is 1. The first-order valence-electron chi connectivity index (χ1n) is 6.51. The van der Waals surface area contributed by atoms with Crippen molar-refractivity contribution in [2.75, 3.05) is 37.6 Å². The molecule has 1 saturated heterocycles. The largest absolute Gasteiger partial charge is 0.541 e. The van der Waals surface area contributed by atoms with Crippen molar-refractivity contribution in [2.45, 2.75) is 13.5 Å². The van der Waals surface area contributed by atoms with E-state index in [9.17, 15) is 9.90 Å². The molecule has 0 unspecified atom stereocenters. The number of likely N-dealkylation sites (N-methyl/N-ethyl adjacent to an activating group) is 1. The minimum absolute atomic E-state index is 0.139. The normalized spacial score (nSPS) is 16.6. The van der Waals surface area contributed by atoms with Crippen LogP contribution >= 0.6 is 0 Å². The molecule has 2 heterocycles. The standard InChI is InChI=1S/C12H19N5O2/c1-3-5-17-10(11(18)19)13-14-12(17)16-8-6-15(4-2)7-9-16/h3H,1,4-9H2,2H3,(H,18,19). The summed E-state index contributed by atoms with van der Waals surface area (Å²) in [4.78, 5) is 14.6. The monoisotopic (exact) mass is 265 g/mol. The van der Waals surface area contributed by atoms with Crippen LogP contribution in [0.3, 0.4) is 0 Å². The van der Waals surface area contributed by atoms with Crippen LogP contribution in [0.1, 0.15) is 17.5 Å². The van der Waals surface area contributed by atoms with Crippen LogP contribution in [0, 0.1) is 0 Å². The van der Waals surface area contributed by atoms with Gasteiger partial charge < -0.3 is 19.7 Å². The Balaban J connectivity index is 2.20. The lowest BCUT2D eigenvalue weighted by Crippen LogP contribution is -3.14. The summed E-state index contributed by atoms with van der Waals surface area (Å²) in [6.45, 7) is 11.0. The first-order valence-corrected chi connectivity index (χ1v) is 6.51. The molecule has 7 nitrogen and oxygen atoms in total. The minimum Gasteiger partial charge on any atom is -0.541 e. The van der Waals surface area contributed by atoms with E-state index < -0.39 is 5.97 Å². The molecule has 1 aromatic rings. The lowest BCUT2D eigenvalue weighted by molar-refractivity contribution is -0.898. The topological polar surface area (TPSA) is 78.5 Å². The summed E-state index contributed by atoms with van der Waals surface area (Å²) in [7, 11) is 0. The lowest BCUT2D eigenvalue weighted by atomic mass is 10.3. The molecule has 104 valence electrons. The molecule has 1 aromatic heterocycles. The highest BCUT2D eigenvalue weighted by atomic mass is 16.4. The zero-order valence-corrected chi connectivity index (χ0v) is 11.1. The van der Waals surface area contributed by atoms with Gasteiger partial charge in [0.15, 0.2) is 5.82 Å². The Morgan fingerprint density at radius 3 is 2.68 bits per heavy atom. The van der Waals surface area contributed by atoms with E-state index >= 15 is 0 Å². The number of nitrogens with zero attached hydrogens (tertiary/aromatic N) is 4. The molecule has 1 N–H and O–H groups in total. The van der Waals surface area contributed by atoms with Crippen molar-refractivity contribution in [2.24, 2.45) is 0 Å². The van der Waals surface area contributed by atoms with Crippen molar-refractivity contribution in [1.82, 2.24) is 14.8 Å². The summed E-state index contributed by atoms with van der Waals surface area (Å²) >= 11 is 0. The third-order valence-corrected chi connectivity index (χ3v) is 3.48. The van der Waals surface area contributed by atoms with Crippen LogP contribution in [0.5, 0.6) is 0 Å². The van der Waals surface area contributed by atoms with Crippen molar-refractivity contribution in [1.29, 1.82) is 0 Å². The summed E-state index contributed by atoms with van der Waals surface area (Å²) in [5, 5.41) is 18.7. The number of aromatic carboxylic acids is 1. The van der Waals surface area contributed by atoms with Crippen molar-refractivity contribution in [3.63, 3.8) is 0 Å². The summed E-state index contributed by atoms with van der Waals surface area (Å²) in [6, 6.07) is 0. The van der Waals surface area contributed by atoms with Gasteiger partial charge in [-0.25, -0.2) is 0 Å². The van der Waals surface area contributed by atoms with Crippen LogP contribution in [-0.4, -0.2) is 53.5 Å². The van der Waals surface area contributed by atoms with Crippen LogP contribution in [0.25, 0.3) is 0 Å². The molecular formula is C12H19N5O2. The second-order valence-corrected chi connectivity index (χ2v) is 4.60. The molecule has 0 aromatic carbocycles. The molecule has 0 atom stereocenters. The third kappa shape index (κ3) is 2.76. The van der Waals surface area contributed by atoms with Gasteiger partial charge in [-0.2, -0.15) is 0 Å². The molecule has 2 rings (SSSR count). The van der Waals surface area contributed by atoms with Gasteiger partial charge in [0.05, 0.1) is 32.7 Å². The van der Waals surface area contributed by atoms with E-state index in [2.05, 4.69) is 28.6 Å². The molecule has 0 radical (unpaired) electrons. The van der Waals surface area contributed by atoms with Gasteiger partial charge in [-0.1, -0.05) is 6.08 Å². The molecule has 0 saturated carbocycles. The first-order chi connectivity index (χ1) is 9.17. The third-order valence-electron chi connectivity index (χ3n) is 3.48. The molecule has 0 amide bonds. The van der Waals surface area contributed by atoms with E-state index in [0.717, 1.165) is 32.7 Å². The Morgan fingerprint density at radius 2 is 2.16 bits per heavy atom. The van der Waals surface area contributed by atoms with Gasteiger partial charge in [0.1, 0.15) is 5.97 Å². The van der Waals surface area contributed by atoms with E-state index in [4.69, 9.17) is 0 Å². The average molecular weight is 265 g/mol. The maximum absolute atomic E-state index is 11.0. The fourth-order valence-corrected chi connectivity index (χ4v) is 2.35. The Morgan fingerprint density at radius 1 is 1.47 bits per heavy atom. The van der Waals surface area contributed by atoms with E-state index in [1.807, 2.05) is 0 Å². The molecule has 0 bridgehead atoms. The number of hydrogen-bond donors (Lipinski definition) is 1. The lowest BCUT2D eigenvalue weighted by Gasteiger charge is -2.32. The molecule has 1 aliphatic rings. The van der Waals surface area contributed by atoms with Gasteiger partial charge in [0.25, 0.3) is 0 Å². The van der Waals surface area contributed by atoms with Crippen LogP contribution in [-0.2, 0) is 6.54 Å². The zero-order valence-electron chi connectivity index (χ0n) is 11.1. The highest BCUT2D eigenvalue weighted by Crippen LogP contribution is 2.13. The number of hydrogen-bond acceptors (Lipinski definition) is 5. The maximum atomic E-state index is 11.0. The fourth-order valence-electron chi connectivity index (χ4n) is 2.35. The van der Waals surface area contributed by atoms with Crippen LogP contribution in [0.4, 0.5) is 5.95 Å². The highest BCUT2D eigenvalue weighted by molar-refractivity contribution is 5.82.